The second-order valence-corrected chi connectivity index (χ2v) is 4.84. The first kappa shape index (κ1) is 13.7. The van der Waals surface area contributed by atoms with Crippen LogP contribution in [0.15, 0.2) is 40.9 Å². The van der Waals surface area contributed by atoms with E-state index in [1.165, 1.54) is 0 Å². The van der Waals surface area contributed by atoms with E-state index in [1.807, 2.05) is 13.0 Å². The molecule has 0 unspecified atom stereocenters. The lowest BCUT2D eigenvalue weighted by atomic mass is 10.1. The Morgan fingerprint density at radius 1 is 1.16 bits per heavy atom. The van der Waals surface area contributed by atoms with Gasteiger partial charge in [-0.3, -0.25) is 4.79 Å². The monoisotopic (exact) mass is 325 g/mol. The summed E-state index contributed by atoms with van der Waals surface area (Å²) in [5.41, 5.74) is 1.39. The van der Waals surface area contributed by atoms with Crippen molar-refractivity contribution in [2.45, 2.75) is 6.92 Å². The van der Waals surface area contributed by atoms with Gasteiger partial charge in [0, 0.05) is 16.2 Å². The summed E-state index contributed by atoms with van der Waals surface area (Å²) in [6.07, 6.45) is 0. The highest BCUT2D eigenvalue weighted by Gasteiger charge is 2.12. The molecule has 0 aliphatic rings. The average molecular weight is 326 g/mol. The van der Waals surface area contributed by atoms with Crippen molar-refractivity contribution in [2.75, 3.05) is 5.32 Å². The van der Waals surface area contributed by atoms with Crippen LogP contribution in [0.3, 0.4) is 0 Å². The van der Waals surface area contributed by atoms with Crippen molar-refractivity contribution in [2.24, 2.45) is 0 Å². The highest BCUT2D eigenvalue weighted by molar-refractivity contribution is 9.10. The summed E-state index contributed by atoms with van der Waals surface area (Å²) in [4.78, 5) is 12.0. The zero-order valence-corrected chi connectivity index (χ0v) is 11.6. The fourth-order valence-corrected chi connectivity index (χ4v) is 2.09. The molecule has 0 saturated heterocycles. The summed E-state index contributed by atoms with van der Waals surface area (Å²) < 4.78 is 26.7. The number of rotatable bonds is 2. The summed E-state index contributed by atoms with van der Waals surface area (Å²) >= 11 is 3.31. The van der Waals surface area contributed by atoms with Crippen molar-refractivity contribution in [3.05, 3.63) is 63.6 Å². The van der Waals surface area contributed by atoms with Crippen LogP contribution in [-0.2, 0) is 0 Å². The van der Waals surface area contributed by atoms with Gasteiger partial charge in [0.2, 0.25) is 0 Å². The van der Waals surface area contributed by atoms with Crippen molar-refractivity contribution in [1.29, 1.82) is 0 Å². The molecule has 0 spiro atoms. The van der Waals surface area contributed by atoms with E-state index in [4.69, 9.17) is 0 Å². The number of anilines is 1. The van der Waals surface area contributed by atoms with E-state index in [0.29, 0.717) is 10.0 Å². The average Bonchev–Trinajstić information content (AvgIpc) is 2.31. The number of nitrogens with one attached hydrogen (secondary N) is 1. The van der Waals surface area contributed by atoms with Gasteiger partial charge in [-0.1, -0.05) is 12.1 Å². The molecular formula is C14H10BrF2NO. The Kier molecular flexibility index (Phi) is 3.95. The molecule has 0 aliphatic heterocycles. The predicted molar refractivity (Wildman–Crippen MR) is 73.2 cm³/mol. The third kappa shape index (κ3) is 3.17. The molecule has 0 bridgehead atoms. The fraction of sp³-hybridized carbons (Fsp3) is 0.0714. The third-order valence-corrected chi connectivity index (χ3v) is 3.61. The Bertz CT molecular complexity index is 623. The summed E-state index contributed by atoms with van der Waals surface area (Å²) in [7, 11) is 0. The maximum Gasteiger partial charge on any atom is 0.256 e. The Hall–Kier alpha value is -1.75. The van der Waals surface area contributed by atoms with Gasteiger partial charge >= 0.3 is 0 Å². The largest absolute Gasteiger partial charge is 0.322 e. The van der Waals surface area contributed by atoms with Gasteiger partial charge in [-0.25, -0.2) is 8.78 Å². The van der Waals surface area contributed by atoms with Gasteiger partial charge < -0.3 is 5.32 Å². The fourth-order valence-electron chi connectivity index (χ4n) is 1.65. The molecule has 0 atom stereocenters. The van der Waals surface area contributed by atoms with Crippen molar-refractivity contribution in [3.8, 4) is 0 Å². The van der Waals surface area contributed by atoms with Gasteiger partial charge in [0.25, 0.3) is 5.91 Å². The van der Waals surface area contributed by atoms with E-state index in [0.717, 1.165) is 23.8 Å². The quantitative estimate of drug-likeness (QED) is 0.876. The number of hydrogen-bond donors (Lipinski definition) is 1. The second-order valence-electron chi connectivity index (χ2n) is 4.05. The van der Waals surface area contributed by atoms with E-state index in [9.17, 15) is 13.6 Å². The number of aryl methyl sites for hydroxylation is 1. The SMILES string of the molecule is Cc1cccc(C(=O)Nc2cc(F)cc(F)c2)c1Br. The number of benzene rings is 2. The van der Waals surface area contributed by atoms with Crippen molar-refractivity contribution < 1.29 is 13.6 Å². The molecule has 0 radical (unpaired) electrons. The Balaban J connectivity index is 2.28. The Labute approximate surface area is 117 Å². The maximum atomic E-state index is 13.0. The molecule has 2 aromatic rings. The summed E-state index contributed by atoms with van der Waals surface area (Å²) in [5, 5.41) is 2.46. The molecule has 2 aromatic carbocycles. The lowest BCUT2D eigenvalue weighted by Gasteiger charge is -2.08. The van der Waals surface area contributed by atoms with Crippen LogP contribution in [0.4, 0.5) is 14.5 Å². The molecule has 2 rings (SSSR count). The lowest BCUT2D eigenvalue weighted by molar-refractivity contribution is 0.102. The Morgan fingerprint density at radius 3 is 2.42 bits per heavy atom. The number of hydrogen-bond acceptors (Lipinski definition) is 1. The van der Waals surface area contributed by atoms with Crippen LogP contribution in [0, 0.1) is 18.6 Å². The van der Waals surface area contributed by atoms with Crippen LogP contribution < -0.4 is 5.32 Å². The van der Waals surface area contributed by atoms with Crippen LogP contribution in [0.1, 0.15) is 15.9 Å². The molecule has 2 nitrogen and oxygen atoms in total. The molecule has 98 valence electrons. The minimum absolute atomic E-state index is 0.0795. The molecule has 0 fully saturated rings. The first-order valence-electron chi connectivity index (χ1n) is 5.50. The topological polar surface area (TPSA) is 29.1 Å². The van der Waals surface area contributed by atoms with Gasteiger partial charge in [-0.2, -0.15) is 0 Å². The molecular weight excluding hydrogens is 316 g/mol. The lowest BCUT2D eigenvalue weighted by Crippen LogP contribution is -2.13. The Morgan fingerprint density at radius 2 is 1.79 bits per heavy atom. The minimum Gasteiger partial charge on any atom is -0.322 e. The smallest absolute Gasteiger partial charge is 0.256 e. The molecule has 0 saturated carbocycles. The van der Waals surface area contributed by atoms with Crippen LogP contribution in [0.5, 0.6) is 0 Å². The van der Waals surface area contributed by atoms with Crippen LogP contribution in [0.25, 0.3) is 0 Å². The molecule has 5 heteroatoms. The summed E-state index contributed by atoms with van der Waals surface area (Å²) in [5.74, 6) is -1.90. The van der Waals surface area contributed by atoms with Crippen molar-refractivity contribution in [1.82, 2.24) is 0 Å². The standard InChI is InChI=1S/C14H10BrF2NO/c1-8-3-2-4-12(13(8)15)14(19)18-11-6-9(16)5-10(17)7-11/h2-7H,1H3,(H,18,19). The summed E-state index contributed by atoms with van der Waals surface area (Å²) in [6.45, 7) is 1.85. The number of carbonyl (C=O) groups excluding carboxylic acids is 1. The third-order valence-electron chi connectivity index (χ3n) is 2.56. The van der Waals surface area contributed by atoms with Gasteiger partial charge in [0.05, 0.1) is 5.56 Å². The molecule has 0 heterocycles. The molecule has 1 N–H and O–H groups in total. The normalized spacial score (nSPS) is 10.3. The van der Waals surface area contributed by atoms with E-state index in [2.05, 4.69) is 21.2 Å². The maximum absolute atomic E-state index is 13.0. The number of amides is 1. The first-order chi connectivity index (χ1) is 8.97. The first-order valence-corrected chi connectivity index (χ1v) is 6.29. The van der Waals surface area contributed by atoms with Crippen LogP contribution >= 0.6 is 15.9 Å². The highest BCUT2D eigenvalue weighted by atomic mass is 79.9. The molecule has 19 heavy (non-hydrogen) atoms. The van der Waals surface area contributed by atoms with Gasteiger partial charge in [-0.05, 0) is 46.6 Å². The van der Waals surface area contributed by atoms with Crippen molar-refractivity contribution in [3.63, 3.8) is 0 Å². The van der Waals surface area contributed by atoms with E-state index in [-0.39, 0.29) is 5.69 Å². The summed E-state index contributed by atoms with van der Waals surface area (Å²) in [6, 6.07) is 8.08. The van der Waals surface area contributed by atoms with Gasteiger partial charge in [0.1, 0.15) is 11.6 Å². The second kappa shape index (κ2) is 5.48. The molecule has 0 aromatic heterocycles. The predicted octanol–water partition coefficient (Wildman–Crippen LogP) is 4.29. The zero-order chi connectivity index (χ0) is 14.0. The van der Waals surface area contributed by atoms with E-state index in [1.54, 1.807) is 12.1 Å². The van der Waals surface area contributed by atoms with Gasteiger partial charge in [0.15, 0.2) is 0 Å². The van der Waals surface area contributed by atoms with Crippen molar-refractivity contribution >= 4 is 27.5 Å². The van der Waals surface area contributed by atoms with E-state index < -0.39 is 17.5 Å². The van der Waals surface area contributed by atoms with Gasteiger partial charge in [-0.15, -0.1) is 0 Å². The minimum atomic E-state index is -0.737. The molecule has 1 amide bonds. The van der Waals surface area contributed by atoms with E-state index >= 15 is 0 Å². The zero-order valence-electron chi connectivity index (χ0n) is 10.0. The van der Waals surface area contributed by atoms with Crippen LogP contribution in [0.2, 0.25) is 0 Å². The number of carbonyl (C=O) groups is 1. The van der Waals surface area contributed by atoms with Crippen LogP contribution in [-0.4, -0.2) is 5.91 Å². The highest BCUT2D eigenvalue weighted by Crippen LogP contribution is 2.22. The molecule has 0 aliphatic carbocycles. The number of halogens is 3.